The average Bonchev–Trinajstić information content (AvgIpc) is 2.28. The molecule has 2 nitrogen and oxygen atoms in total. The van der Waals surface area contributed by atoms with Gasteiger partial charge >= 0.3 is 0 Å². The van der Waals surface area contributed by atoms with Crippen LogP contribution in [-0.2, 0) is 0 Å². The van der Waals surface area contributed by atoms with Gasteiger partial charge in [0.1, 0.15) is 0 Å². The van der Waals surface area contributed by atoms with E-state index >= 15 is 0 Å². The summed E-state index contributed by atoms with van der Waals surface area (Å²) in [7, 11) is 0. The van der Waals surface area contributed by atoms with E-state index in [9.17, 15) is 4.79 Å². The number of hydrogen-bond acceptors (Lipinski definition) is 2. The summed E-state index contributed by atoms with van der Waals surface area (Å²) >= 11 is 7.69. The van der Waals surface area contributed by atoms with E-state index in [0.717, 1.165) is 4.90 Å². The predicted octanol–water partition coefficient (Wildman–Crippen LogP) is 3.54. The molecule has 17 heavy (non-hydrogen) atoms. The number of carbonyl (C=O) groups is 1. The Hall–Kier alpha value is -0.670. The van der Waals surface area contributed by atoms with E-state index < -0.39 is 5.54 Å². The first-order valence-corrected chi connectivity index (χ1v) is 7.13. The number of hydrogen-bond donors (Lipinski definition) is 1. The van der Waals surface area contributed by atoms with E-state index in [2.05, 4.69) is 5.32 Å². The molecule has 94 valence electrons. The van der Waals surface area contributed by atoms with E-state index in [1.54, 1.807) is 11.8 Å². The van der Waals surface area contributed by atoms with Gasteiger partial charge in [0.05, 0.1) is 10.9 Å². The smallest absolute Gasteiger partial charge is 0.251 e. The number of nitrogens with one attached hydrogen (secondary N) is 1. The van der Waals surface area contributed by atoms with Crippen LogP contribution in [0, 0.1) is 0 Å². The molecule has 1 atom stereocenters. The highest BCUT2D eigenvalue weighted by atomic mass is 35.5. The molecule has 0 aliphatic carbocycles. The monoisotopic (exact) mass is 271 g/mol. The summed E-state index contributed by atoms with van der Waals surface area (Å²) < 4.78 is 0. The minimum atomic E-state index is -0.420. The van der Waals surface area contributed by atoms with Crippen LogP contribution in [0.3, 0.4) is 0 Å². The van der Waals surface area contributed by atoms with Crippen LogP contribution in [0.4, 0.5) is 0 Å². The fourth-order valence-electron chi connectivity index (χ4n) is 1.21. The summed E-state index contributed by atoms with van der Waals surface area (Å²) in [6.45, 7) is 5.70. The standard InChI is InChI=1S/C13H18ClNOS/c1-9(14)13(2,3)15-12(16)10-5-7-11(17-4)8-6-10/h5-9H,1-4H3,(H,15,16). The van der Waals surface area contributed by atoms with E-state index in [0.29, 0.717) is 5.56 Å². The van der Waals surface area contributed by atoms with Gasteiger partial charge < -0.3 is 5.32 Å². The summed E-state index contributed by atoms with van der Waals surface area (Å²) in [5.74, 6) is -0.0878. The van der Waals surface area contributed by atoms with Gasteiger partial charge in [-0.15, -0.1) is 23.4 Å². The lowest BCUT2D eigenvalue weighted by molar-refractivity contribution is 0.0912. The topological polar surface area (TPSA) is 29.1 Å². The van der Waals surface area contributed by atoms with Gasteiger partial charge in [-0.3, -0.25) is 4.79 Å². The number of rotatable bonds is 4. The van der Waals surface area contributed by atoms with Crippen LogP contribution >= 0.6 is 23.4 Å². The molecule has 1 N–H and O–H groups in total. The molecule has 0 bridgehead atoms. The van der Waals surface area contributed by atoms with Crippen LogP contribution in [0.2, 0.25) is 0 Å². The first-order valence-electron chi connectivity index (χ1n) is 5.47. The quantitative estimate of drug-likeness (QED) is 0.670. The molecule has 0 heterocycles. The molecule has 0 aromatic heterocycles. The summed E-state index contributed by atoms with van der Waals surface area (Å²) in [6.07, 6.45) is 2.01. The molecule has 0 aliphatic rings. The molecule has 1 unspecified atom stereocenters. The van der Waals surface area contributed by atoms with E-state index in [-0.39, 0.29) is 11.3 Å². The fraction of sp³-hybridized carbons (Fsp3) is 0.462. The highest BCUT2D eigenvalue weighted by molar-refractivity contribution is 7.98. The number of carbonyl (C=O) groups excluding carboxylic acids is 1. The van der Waals surface area contributed by atoms with Gasteiger partial charge in [0.25, 0.3) is 5.91 Å². The van der Waals surface area contributed by atoms with Crippen molar-refractivity contribution in [2.24, 2.45) is 0 Å². The third kappa shape index (κ3) is 3.93. The Kier molecular flexibility index (Phi) is 4.90. The van der Waals surface area contributed by atoms with Crippen LogP contribution in [0.1, 0.15) is 31.1 Å². The Morgan fingerprint density at radius 2 is 1.88 bits per heavy atom. The SMILES string of the molecule is CSc1ccc(C(=O)NC(C)(C)C(C)Cl)cc1. The molecule has 1 amide bonds. The van der Waals surface area contributed by atoms with Gasteiger partial charge in [-0.05, 0) is 51.3 Å². The third-order valence-electron chi connectivity index (χ3n) is 2.78. The molecule has 1 rings (SSSR count). The van der Waals surface area contributed by atoms with E-state index in [1.807, 2.05) is 51.3 Å². The molecule has 0 radical (unpaired) electrons. The van der Waals surface area contributed by atoms with Gasteiger partial charge in [0, 0.05) is 10.5 Å². The van der Waals surface area contributed by atoms with Crippen LogP contribution in [-0.4, -0.2) is 23.1 Å². The molecular weight excluding hydrogens is 254 g/mol. The molecule has 0 fully saturated rings. The maximum absolute atomic E-state index is 12.0. The van der Waals surface area contributed by atoms with Crippen molar-refractivity contribution < 1.29 is 4.79 Å². The zero-order chi connectivity index (χ0) is 13.1. The highest BCUT2D eigenvalue weighted by Crippen LogP contribution is 2.17. The van der Waals surface area contributed by atoms with Crippen molar-refractivity contribution in [3.63, 3.8) is 0 Å². The third-order valence-corrected chi connectivity index (χ3v) is 4.07. The average molecular weight is 272 g/mol. The largest absolute Gasteiger partial charge is 0.346 e. The van der Waals surface area contributed by atoms with Crippen molar-refractivity contribution in [1.29, 1.82) is 0 Å². The lowest BCUT2D eigenvalue weighted by Crippen LogP contribution is -2.49. The first kappa shape index (κ1) is 14.4. The second-order valence-electron chi connectivity index (χ2n) is 4.52. The Balaban J connectivity index is 2.76. The Morgan fingerprint density at radius 3 is 2.29 bits per heavy atom. The molecule has 0 spiro atoms. The van der Waals surface area contributed by atoms with Crippen LogP contribution in [0.25, 0.3) is 0 Å². The number of amides is 1. The molecular formula is C13H18ClNOS. The first-order chi connectivity index (χ1) is 7.86. The number of halogens is 1. The summed E-state index contributed by atoms with van der Waals surface area (Å²) in [5.41, 5.74) is 0.241. The number of benzene rings is 1. The van der Waals surface area contributed by atoms with Crippen molar-refractivity contribution in [2.45, 2.75) is 36.6 Å². The Labute approximate surface area is 112 Å². The van der Waals surface area contributed by atoms with Crippen molar-refractivity contribution >= 4 is 29.3 Å². The fourth-order valence-corrected chi connectivity index (χ4v) is 1.67. The second-order valence-corrected chi connectivity index (χ2v) is 6.05. The molecule has 1 aromatic carbocycles. The van der Waals surface area contributed by atoms with Crippen molar-refractivity contribution in [2.75, 3.05) is 6.26 Å². The van der Waals surface area contributed by atoms with Gasteiger partial charge in [-0.1, -0.05) is 0 Å². The lowest BCUT2D eigenvalue weighted by Gasteiger charge is -2.29. The highest BCUT2D eigenvalue weighted by Gasteiger charge is 2.26. The zero-order valence-electron chi connectivity index (χ0n) is 10.6. The minimum Gasteiger partial charge on any atom is -0.346 e. The molecule has 0 saturated heterocycles. The maximum Gasteiger partial charge on any atom is 0.251 e. The van der Waals surface area contributed by atoms with Crippen LogP contribution in [0.15, 0.2) is 29.2 Å². The predicted molar refractivity (Wildman–Crippen MR) is 75.1 cm³/mol. The van der Waals surface area contributed by atoms with E-state index in [4.69, 9.17) is 11.6 Å². The van der Waals surface area contributed by atoms with Crippen molar-refractivity contribution in [1.82, 2.24) is 5.32 Å². The summed E-state index contributed by atoms with van der Waals surface area (Å²) in [6, 6.07) is 7.54. The zero-order valence-corrected chi connectivity index (χ0v) is 12.2. The van der Waals surface area contributed by atoms with Gasteiger partial charge in [0.15, 0.2) is 0 Å². The maximum atomic E-state index is 12.0. The molecule has 4 heteroatoms. The van der Waals surface area contributed by atoms with Gasteiger partial charge in [0.2, 0.25) is 0 Å². The van der Waals surface area contributed by atoms with Crippen LogP contribution < -0.4 is 5.32 Å². The van der Waals surface area contributed by atoms with Crippen molar-refractivity contribution in [3.05, 3.63) is 29.8 Å². The van der Waals surface area contributed by atoms with Gasteiger partial charge in [-0.2, -0.15) is 0 Å². The minimum absolute atomic E-state index is 0.0878. The molecule has 1 aromatic rings. The summed E-state index contributed by atoms with van der Waals surface area (Å²) in [4.78, 5) is 13.1. The lowest BCUT2D eigenvalue weighted by atomic mass is 10.0. The van der Waals surface area contributed by atoms with Crippen molar-refractivity contribution in [3.8, 4) is 0 Å². The van der Waals surface area contributed by atoms with Crippen LogP contribution in [0.5, 0.6) is 0 Å². The second kappa shape index (κ2) is 5.78. The van der Waals surface area contributed by atoms with Gasteiger partial charge in [-0.25, -0.2) is 0 Å². The van der Waals surface area contributed by atoms with E-state index in [1.165, 1.54) is 0 Å². The molecule has 0 saturated carbocycles. The number of alkyl halides is 1. The summed E-state index contributed by atoms with van der Waals surface area (Å²) in [5, 5.41) is 2.80. The Bertz CT molecular complexity index is 387. The Morgan fingerprint density at radius 1 is 1.35 bits per heavy atom. The normalized spacial score (nSPS) is 13.2. The molecule has 0 aliphatic heterocycles. The number of thioether (sulfide) groups is 1.